The molecule has 0 aliphatic rings. The minimum Gasteiger partial charge on any atom is -0.370 e. The van der Waals surface area contributed by atoms with Crippen LogP contribution in [0.4, 0.5) is 0 Å². The standard InChI is InChI=1S/C17H30N4.HI/c1-5-20(6-2)14-16-11-9-15(10-12-16)13-19-17(18)21(7-3)8-4;/h9-12H,5-8,13-14H2,1-4H3,(H2,18,19);1H. The Balaban J connectivity index is 0.00000441. The molecule has 0 amide bonds. The molecule has 0 radical (unpaired) electrons. The van der Waals surface area contributed by atoms with Crippen molar-refractivity contribution in [2.24, 2.45) is 10.7 Å². The fourth-order valence-corrected chi connectivity index (χ4v) is 2.28. The number of hydrogen-bond donors (Lipinski definition) is 1. The van der Waals surface area contributed by atoms with Gasteiger partial charge in [0.1, 0.15) is 0 Å². The Hall–Kier alpha value is -0.820. The van der Waals surface area contributed by atoms with Gasteiger partial charge in [0.15, 0.2) is 5.96 Å². The lowest BCUT2D eigenvalue weighted by molar-refractivity contribution is 0.296. The Morgan fingerprint density at radius 2 is 1.41 bits per heavy atom. The van der Waals surface area contributed by atoms with Gasteiger partial charge in [0.05, 0.1) is 6.54 Å². The molecule has 22 heavy (non-hydrogen) atoms. The summed E-state index contributed by atoms with van der Waals surface area (Å²) in [6.45, 7) is 14.2. The number of nitrogens with two attached hydrogens (primary N) is 1. The van der Waals surface area contributed by atoms with E-state index in [1.54, 1.807) is 0 Å². The number of guanidine groups is 1. The van der Waals surface area contributed by atoms with Gasteiger partial charge in [0.25, 0.3) is 0 Å². The molecule has 0 saturated heterocycles. The van der Waals surface area contributed by atoms with Crippen LogP contribution in [0.15, 0.2) is 29.3 Å². The molecule has 0 fully saturated rings. The molecule has 0 bridgehead atoms. The van der Waals surface area contributed by atoms with Crippen LogP contribution < -0.4 is 5.73 Å². The van der Waals surface area contributed by atoms with E-state index in [2.05, 4.69) is 66.8 Å². The van der Waals surface area contributed by atoms with E-state index in [1.165, 1.54) is 11.1 Å². The minimum absolute atomic E-state index is 0. The maximum atomic E-state index is 5.99. The van der Waals surface area contributed by atoms with Gasteiger partial charge < -0.3 is 10.6 Å². The number of benzene rings is 1. The van der Waals surface area contributed by atoms with Crippen LogP contribution in [0.1, 0.15) is 38.8 Å². The fraction of sp³-hybridized carbons (Fsp3) is 0.588. The highest BCUT2D eigenvalue weighted by atomic mass is 127. The second-order valence-corrected chi connectivity index (χ2v) is 5.12. The Morgan fingerprint density at radius 3 is 1.86 bits per heavy atom. The summed E-state index contributed by atoms with van der Waals surface area (Å²) in [5.41, 5.74) is 8.54. The number of hydrogen-bond acceptors (Lipinski definition) is 2. The van der Waals surface area contributed by atoms with Crippen LogP contribution in [0.3, 0.4) is 0 Å². The lowest BCUT2D eigenvalue weighted by Crippen LogP contribution is -2.37. The van der Waals surface area contributed by atoms with E-state index in [-0.39, 0.29) is 24.0 Å². The number of rotatable bonds is 8. The van der Waals surface area contributed by atoms with Gasteiger partial charge in [0, 0.05) is 19.6 Å². The first-order chi connectivity index (χ1) is 10.1. The van der Waals surface area contributed by atoms with Crippen molar-refractivity contribution in [2.45, 2.75) is 40.8 Å². The van der Waals surface area contributed by atoms with Gasteiger partial charge in [-0.15, -0.1) is 24.0 Å². The van der Waals surface area contributed by atoms with Crippen molar-refractivity contribution < 1.29 is 0 Å². The van der Waals surface area contributed by atoms with E-state index in [0.29, 0.717) is 12.5 Å². The average Bonchev–Trinajstić information content (AvgIpc) is 2.53. The molecule has 0 heterocycles. The molecule has 0 atom stereocenters. The molecule has 0 aliphatic carbocycles. The molecule has 4 nitrogen and oxygen atoms in total. The second kappa shape index (κ2) is 11.7. The topological polar surface area (TPSA) is 44.9 Å². The van der Waals surface area contributed by atoms with Crippen molar-refractivity contribution in [3.63, 3.8) is 0 Å². The zero-order chi connectivity index (χ0) is 15.7. The number of halogens is 1. The Bertz CT molecular complexity index is 423. The van der Waals surface area contributed by atoms with E-state index < -0.39 is 0 Å². The number of nitrogens with zero attached hydrogens (tertiary/aromatic N) is 3. The van der Waals surface area contributed by atoms with E-state index >= 15 is 0 Å². The highest BCUT2D eigenvalue weighted by Gasteiger charge is 2.03. The van der Waals surface area contributed by atoms with Crippen LogP contribution in [0.5, 0.6) is 0 Å². The van der Waals surface area contributed by atoms with E-state index in [9.17, 15) is 0 Å². The Kier molecular flexibility index (Phi) is 11.3. The molecule has 1 rings (SSSR count). The molecular formula is C17H31IN4. The van der Waals surface area contributed by atoms with Crippen LogP contribution >= 0.6 is 24.0 Å². The van der Waals surface area contributed by atoms with Crippen LogP contribution in [0.2, 0.25) is 0 Å². The Morgan fingerprint density at radius 1 is 0.909 bits per heavy atom. The molecule has 0 aliphatic heterocycles. The zero-order valence-electron chi connectivity index (χ0n) is 14.4. The molecule has 0 unspecified atom stereocenters. The highest BCUT2D eigenvalue weighted by molar-refractivity contribution is 14.0. The molecule has 0 saturated carbocycles. The maximum Gasteiger partial charge on any atom is 0.191 e. The first kappa shape index (κ1) is 21.2. The van der Waals surface area contributed by atoms with E-state index in [1.807, 2.05) is 0 Å². The molecule has 0 spiro atoms. The zero-order valence-corrected chi connectivity index (χ0v) is 16.7. The van der Waals surface area contributed by atoms with Crippen LogP contribution in [0, 0.1) is 0 Å². The lowest BCUT2D eigenvalue weighted by atomic mass is 10.1. The molecule has 5 heteroatoms. The quantitative estimate of drug-likeness (QED) is 0.400. The molecule has 2 N–H and O–H groups in total. The van der Waals surface area contributed by atoms with Gasteiger partial charge in [-0.2, -0.15) is 0 Å². The van der Waals surface area contributed by atoms with Crippen LogP contribution in [-0.4, -0.2) is 41.9 Å². The summed E-state index contributed by atoms with van der Waals surface area (Å²) >= 11 is 0. The average molecular weight is 418 g/mol. The summed E-state index contributed by atoms with van der Waals surface area (Å²) in [5.74, 6) is 0.632. The fourth-order valence-electron chi connectivity index (χ4n) is 2.28. The van der Waals surface area contributed by atoms with Crippen molar-refractivity contribution in [3.8, 4) is 0 Å². The van der Waals surface area contributed by atoms with Crippen molar-refractivity contribution in [1.29, 1.82) is 0 Å². The van der Waals surface area contributed by atoms with Gasteiger partial charge in [-0.25, -0.2) is 4.99 Å². The number of aliphatic imine (C=N–C) groups is 1. The first-order valence-electron chi connectivity index (χ1n) is 7.99. The Labute approximate surface area is 152 Å². The third-order valence-electron chi connectivity index (χ3n) is 3.83. The van der Waals surface area contributed by atoms with Crippen molar-refractivity contribution in [1.82, 2.24) is 9.80 Å². The molecule has 1 aromatic carbocycles. The smallest absolute Gasteiger partial charge is 0.191 e. The maximum absolute atomic E-state index is 5.99. The first-order valence-corrected chi connectivity index (χ1v) is 7.99. The lowest BCUT2D eigenvalue weighted by Gasteiger charge is -2.19. The SMILES string of the molecule is CCN(CC)Cc1ccc(CN=C(N)N(CC)CC)cc1.I. The van der Waals surface area contributed by atoms with Gasteiger partial charge in [-0.05, 0) is 38.1 Å². The van der Waals surface area contributed by atoms with Gasteiger partial charge in [0.2, 0.25) is 0 Å². The third-order valence-corrected chi connectivity index (χ3v) is 3.83. The van der Waals surface area contributed by atoms with Crippen molar-refractivity contribution >= 4 is 29.9 Å². The molecule has 1 aromatic rings. The monoisotopic (exact) mass is 418 g/mol. The molecule has 0 aromatic heterocycles. The summed E-state index contributed by atoms with van der Waals surface area (Å²) in [4.78, 5) is 8.94. The summed E-state index contributed by atoms with van der Waals surface area (Å²) in [5, 5.41) is 0. The predicted octanol–water partition coefficient (Wildman–Crippen LogP) is 3.30. The van der Waals surface area contributed by atoms with Crippen LogP contribution in [0.25, 0.3) is 0 Å². The van der Waals surface area contributed by atoms with Gasteiger partial charge >= 0.3 is 0 Å². The summed E-state index contributed by atoms with van der Waals surface area (Å²) < 4.78 is 0. The predicted molar refractivity (Wildman–Crippen MR) is 107 cm³/mol. The third kappa shape index (κ3) is 6.96. The normalized spacial score (nSPS) is 11.4. The van der Waals surface area contributed by atoms with E-state index in [4.69, 9.17) is 5.73 Å². The van der Waals surface area contributed by atoms with Gasteiger partial charge in [-0.3, -0.25) is 4.90 Å². The summed E-state index contributed by atoms with van der Waals surface area (Å²) in [6.07, 6.45) is 0. The highest BCUT2D eigenvalue weighted by Crippen LogP contribution is 2.08. The van der Waals surface area contributed by atoms with Crippen molar-refractivity contribution in [3.05, 3.63) is 35.4 Å². The van der Waals surface area contributed by atoms with Crippen molar-refractivity contribution in [2.75, 3.05) is 26.2 Å². The largest absolute Gasteiger partial charge is 0.370 e. The summed E-state index contributed by atoms with van der Waals surface area (Å²) in [7, 11) is 0. The van der Waals surface area contributed by atoms with Gasteiger partial charge in [-0.1, -0.05) is 38.1 Å². The second-order valence-electron chi connectivity index (χ2n) is 5.12. The van der Waals surface area contributed by atoms with Crippen LogP contribution in [-0.2, 0) is 13.1 Å². The minimum atomic E-state index is 0. The van der Waals surface area contributed by atoms with E-state index in [0.717, 1.165) is 32.7 Å². The summed E-state index contributed by atoms with van der Waals surface area (Å²) in [6, 6.07) is 8.68. The molecule has 126 valence electrons. The molecular weight excluding hydrogens is 387 g/mol.